The first-order valence-corrected chi connectivity index (χ1v) is 14.8. The van der Waals surface area contributed by atoms with Crippen molar-refractivity contribution in [2.45, 2.75) is 12.8 Å². The molecular formula is C40H27NO2. The van der Waals surface area contributed by atoms with E-state index in [2.05, 4.69) is 126 Å². The zero-order chi connectivity index (χ0) is 28.3. The number of para-hydroxylation sites is 2. The smallest absolute Gasteiger partial charge is 0.160 e. The number of nitrogens with zero attached hydrogens (tertiary/aromatic N) is 1. The van der Waals surface area contributed by atoms with Crippen molar-refractivity contribution in [2.75, 3.05) is 4.90 Å². The van der Waals surface area contributed by atoms with Gasteiger partial charge in [0.25, 0.3) is 0 Å². The van der Waals surface area contributed by atoms with Crippen LogP contribution in [0.4, 0.5) is 17.1 Å². The molecule has 0 N–H and O–H groups in total. The Bertz CT molecular complexity index is 2360. The van der Waals surface area contributed by atoms with Gasteiger partial charge in [0.05, 0.1) is 5.69 Å². The maximum atomic E-state index is 6.75. The second kappa shape index (κ2) is 9.50. The molecule has 3 nitrogen and oxygen atoms in total. The molecule has 6 aromatic carbocycles. The Hall–Kier alpha value is -5.54. The molecular weight excluding hydrogens is 526 g/mol. The lowest BCUT2D eigenvalue weighted by Gasteiger charge is -2.29. The number of allylic oxidation sites excluding steroid dienone is 1. The standard InChI is InChI=1S/C40H27NO2/c1-2-11-27(12-3-1)31-21-22-34-32-14-6-9-17-37(32)43-40(34)39(31)41(29-19-18-26-10-4-5-13-28(26)24-29)30-20-23-38-35(25-30)33-15-7-8-16-36(33)42-38/h1-4,6-12,14-25H,5,13H2. The van der Waals surface area contributed by atoms with Gasteiger partial charge in [-0.2, -0.15) is 0 Å². The summed E-state index contributed by atoms with van der Waals surface area (Å²) in [5.74, 6) is 0. The van der Waals surface area contributed by atoms with Gasteiger partial charge in [-0.15, -0.1) is 0 Å². The van der Waals surface area contributed by atoms with E-state index in [1.54, 1.807) is 0 Å². The van der Waals surface area contributed by atoms with E-state index in [0.717, 1.165) is 84.9 Å². The van der Waals surface area contributed by atoms with Crippen LogP contribution < -0.4 is 4.90 Å². The molecule has 9 rings (SSSR count). The molecule has 2 aromatic heterocycles. The summed E-state index contributed by atoms with van der Waals surface area (Å²) in [5.41, 5.74) is 11.6. The third-order valence-corrected chi connectivity index (χ3v) is 8.71. The molecule has 204 valence electrons. The molecule has 0 atom stereocenters. The highest BCUT2D eigenvalue weighted by Gasteiger charge is 2.25. The number of furan rings is 2. The summed E-state index contributed by atoms with van der Waals surface area (Å²) in [6.07, 6.45) is 6.59. The number of fused-ring (bicyclic) bond motifs is 7. The van der Waals surface area contributed by atoms with Crippen LogP contribution in [0.2, 0.25) is 0 Å². The molecule has 1 aliphatic carbocycles. The summed E-state index contributed by atoms with van der Waals surface area (Å²) in [5, 5.41) is 4.42. The van der Waals surface area contributed by atoms with Gasteiger partial charge in [-0.1, -0.05) is 91.0 Å². The number of aryl methyl sites for hydroxylation is 1. The Balaban J connectivity index is 1.40. The van der Waals surface area contributed by atoms with Crippen molar-refractivity contribution in [3.8, 4) is 11.1 Å². The predicted octanol–water partition coefficient (Wildman–Crippen LogP) is 11.6. The average Bonchev–Trinajstić information content (AvgIpc) is 3.64. The average molecular weight is 554 g/mol. The van der Waals surface area contributed by atoms with E-state index in [4.69, 9.17) is 8.83 Å². The van der Waals surface area contributed by atoms with Crippen LogP contribution in [0.5, 0.6) is 0 Å². The van der Waals surface area contributed by atoms with Crippen molar-refractivity contribution in [1.29, 1.82) is 0 Å². The molecule has 3 heteroatoms. The molecule has 0 radical (unpaired) electrons. The third kappa shape index (κ3) is 3.82. The van der Waals surface area contributed by atoms with Crippen molar-refractivity contribution in [3.63, 3.8) is 0 Å². The van der Waals surface area contributed by atoms with Gasteiger partial charge >= 0.3 is 0 Å². The van der Waals surface area contributed by atoms with Crippen molar-refractivity contribution in [3.05, 3.63) is 145 Å². The molecule has 0 spiro atoms. The number of rotatable bonds is 4. The van der Waals surface area contributed by atoms with E-state index in [0.29, 0.717) is 0 Å². The minimum absolute atomic E-state index is 0.873. The van der Waals surface area contributed by atoms with Gasteiger partial charge in [0.1, 0.15) is 16.7 Å². The molecule has 8 aromatic rings. The van der Waals surface area contributed by atoms with Crippen molar-refractivity contribution in [2.24, 2.45) is 0 Å². The van der Waals surface area contributed by atoms with Crippen LogP contribution in [-0.2, 0) is 6.42 Å². The van der Waals surface area contributed by atoms with E-state index in [-0.39, 0.29) is 0 Å². The quantitative estimate of drug-likeness (QED) is 0.217. The molecule has 0 saturated heterocycles. The first-order valence-electron chi connectivity index (χ1n) is 14.8. The summed E-state index contributed by atoms with van der Waals surface area (Å²) >= 11 is 0. The zero-order valence-electron chi connectivity index (χ0n) is 23.5. The molecule has 2 heterocycles. The Morgan fingerprint density at radius 2 is 1.23 bits per heavy atom. The topological polar surface area (TPSA) is 29.5 Å². The second-order valence-corrected chi connectivity index (χ2v) is 11.2. The maximum absolute atomic E-state index is 6.75. The number of hydrogen-bond acceptors (Lipinski definition) is 3. The maximum Gasteiger partial charge on any atom is 0.160 e. The SMILES string of the molecule is C1=Cc2ccc(N(c3ccc4oc5ccccc5c4c3)c3c(-c4ccccc4)ccc4c3oc3ccccc34)cc2CC1. The summed E-state index contributed by atoms with van der Waals surface area (Å²) in [6.45, 7) is 0. The Morgan fingerprint density at radius 1 is 0.535 bits per heavy atom. The molecule has 0 unspecified atom stereocenters. The number of anilines is 3. The van der Waals surface area contributed by atoms with Crippen LogP contribution in [0.25, 0.3) is 61.1 Å². The monoisotopic (exact) mass is 553 g/mol. The minimum Gasteiger partial charge on any atom is -0.456 e. The molecule has 0 bridgehead atoms. The molecule has 43 heavy (non-hydrogen) atoms. The fourth-order valence-electron chi connectivity index (χ4n) is 6.67. The fourth-order valence-corrected chi connectivity index (χ4v) is 6.67. The van der Waals surface area contributed by atoms with E-state index < -0.39 is 0 Å². The largest absolute Gasteiger partial charge is 0.456 e. The first-order chi connectivity index (χ1) is 21.3. The van der Waals surface area contributed by atoms with E-state index >= 15 is 0 Å². The number of benzene rings is 6. The lowest BCUT2D eigenvalue weighted by Crippen LogP contribution is -2.12. The lowest BCUT2D eigenvalue weighted by atomic mass is 9.95. The summed E-state index contributed by atoms with van der Waals surface area (Å²) in [7, 11) is 0. The van der Waals surface area contributed by atoms with Crippen LogP contribution in [-0.4, -0.2) is 0 Å². The van der Waals surface area contributed by atoms with Crippen molar-refractivity contribution < 1.29 is 8.83 Å². The summed E-state index contributed by atoms with van der Waals surface area (Å²) in [6, 6.07) is 45.0. The van der Waals surface area contributed by atoms with Gasteiger partial charge in [-0.25, -0.2) is 0 Å². The lowest BCUT2D eigenvalue weighted by molar-refractivity contribution is 0.669. The van der Waals surface area contributed by atoms with Crippen LogP contribution >= 0.6 is 0 Å². The first kappa shape index (κ1) is 24.1. The normalized spacial score (nSPS) is 12.8. The highest BCUT2D eigenvalue weighted by molar-refractivity contribution is 6.14. The zero-order valence-corrected chi connectivity index (χ0v) is 23.5. The van der Waals surface area contributed by atoms with Crippen LogP contribution in [0, 0.1) is 0 Å². The molecule has 1 aliphatic rings. The fraction of sp³-hybridized carbons (Fsp3) is 0.0500. The van der Waals surface area contributed by atoms with E-state index in [1.807, 2.05) is 18.2 Å². The highest BCUT2D eigenvalue weighted by atomic mass is 16.3. The van der Waals surface area contributed by atoms with Crippen molar-refractivity contribution in [1.82, 2.24) is 0 Å². The van der Waals surface area contributed by atoms with Gasteiger partial charge in [0.2, 0.25) is 0 Å². The predicted molar refractivity (Wildman–Crippen MR) is 178 cm³/mol. The molecule has 0 saturated carbocycles. The number of hydrogen-bond donors (Lipinski definition) is 0. The summed E-state index contributed by atoms with van der Waals surface area (Å²) in [4.78, 5) is 2.38. The van der Waals surface area contributed by atoms with Gasteiger partial charge in [0.15, 0.2) is 5.58 Å². The Labute approximate surface area is 248 Å². The highest BCUT2D eigenvalue weighted by Crippen LogP contribution is 2.48. The van der Waals surface area contributed by atoms with E-state index in [1.165, 1.54) is 11.1 Å². The van der Waals surface area contributed by atoms with Gasteiger partial charge < -0.3 is 13.7 Å². The van der Waals surface area contributed by atoms with Gasteiger partial charge in [-0.05, 0) is 78.1 Å². The van der Waals surface area contributed by atoms with E-state index in [9.17, 15) is 0 Å². The van der Waals surface area contributed by atoms with Crippen LogP contribution in [0.1, 0.15) is 17.5 Å². The molecule has 0 fully saturated rings. The second-order valence-electron chi connectivity index (χ2n) is 11.2. The Kier molecular flexibility index (Phi) is 5.32. The van der Waals surface area contributed by atoms with Gasteiger partial charge in [0, 0.05) is 38.5 Å². The summed E-state index contributed by atoms with van der Waals surface area (Å²) < 4.78 is 13.0. The third-order valence-electron chi connectivity index (χ3n) is 8.71. The molecule has 0 amide bonds. The Morgan fingerprint density at radius 3 is 2.09 bits per heavy atom. The van der Waals surface area contributed by atoms with Crippen molar-refractivity contribution >= 4 is 67.0 Å². The minimum atomic E-state index is 0.873. The molecule has 0 aliphatic heterocycles. The van der Waals surface area contributed by atoms with Crippen LogP contribution in [0.15, 0.2) is 142 Å². The van der Waals surface area contributed by atoms with Gasteiger partial charge in [-0.3, -0.25) is 0 Å². The van der Waals surface area contributed by atoms with Crippen LogP contribution in [0.3, 0.4) is 0 Å².